The number of halogens is 3. The highest BCUT2D eigenvalue weighted by Crippen LogP contribution is 2.44. The second-order valence-corrected chi connectivity index (χ2v) is 9.06. The number of alkyl halides is 3. The molecular formula is C26H21F3N4O2. The average molecular weight is 478 g/mol. The van der Waals surface area contributed by atoms with Gasteiger partial charge in [-0.3, -0.25) is 14.0 Å². The number of benzene rings is 1. The smallest absolute Gasteiger partial charge is 0.345 e. The molecule has 0 saturated heterocycles. The summed E-state index contributed by atoms with van der Waals surface area (Å²) in [6.45, 7) is 2.39. The average Bonchev–Trinajstić information content (AvgIpc) is 3.46. The number of carbonyl (C=O) groups excluding carboxylic acids is 2. The number of rotatable bonds is 2. The van der Waals surface area contributed by atoms with Crippen LogP contribution >= 0.6 is 0 Å². The van der Waals surface area contributed by atoms with E-state index in [0.29, 0.717) is 64.9 Å². The van der Waals surface area contributed by atoms with Crippen LogP contribution in [0.4, 0.5) is 13.2 Å². The van der Waals surface area contributed by atoms with Crippen LogP contribution in [0, 0.1) is 0 Å². The number of ketones is 1. The van der Waals surface area contributed by atoms with Gasteiger partial charge in [0, 0.05) is 61.9 Å². The maximum absolute atomic E-state index is 13.9. The quantitative estimate of drug-likeness (QED) is 0.410. The molecule has 1 amide bonds. The van der Waals surface area contributed by atoms with E-state index < -0.39 is 11.7 Å². The minimum absolute atomic E-state index is 0.0476. The molecule has 0 fully saturated rings. The van der Waals surface area contributed by atoms with Gasteiger partial charge < -0.3 is 9.47 Å². The van der Waals surface area contributed by atoms with Crippen LogP contribution in [0.2, 0.25) is 0 Å². The largest absolute Gasteiger partial charge is 0.416 e. The first-order valence-corrected chi connectivity index (χ1v) is 11.4. The Balaban J connectivity index is 1.63. The lowest BCUT2D eigenvalue weighted by Crippen LogP contribution is -2.29. The van der Waals surface area contributed by atoms with E-state index in [1.807, 2.05) is 39.6 Å². The van der Waals surface area contributed by atoms with Crippen LogP contribution in [0.3, 0.4) is 0 Å². The molecule has 0 unspecified atom stereocenters. The number of pyridine rings is 1. The molecule has 1 aliphatic heterocycles. The fourth-order valence-corrected chi connectivity index (χ4v) is 5.35. The van der Waals surface area contributed by atoms with E-state index in [1.165, 1.54) is 13.0 Å². The van der Waals surface area contributed by atoms with E-state index in [9.17, 15) is 22.8 Å². The number of allylic oxidation sites excluding steroid dienone is 2. The van der Waals surface area contributed by atoms with E-state index in [1.54, 1.807) is 11.1 Å². The Morgan fingerprint density at radius 3 is 2.71 bits per heavy atom. The molecule has 4 heterocycles. The van der Waals surface area contributed by atoms with Crippen molar-refractivity contribution in [3.63, 3.8) is 0 Å². The van der Waals surface area contributed by atoms with Crippen molar-refractivity contribution in [2.45, 2.75) is 39.0 Å². The number of nitrogens with zero attached hydrogens (tertiary/aromatic N) is 4. The first kappa shape index (κ1) is 21.6. The molecule has 2 aliphatic rings. The summed E-state index contributed by atoms with van der Waals surface area (Å²) in [5.74, 6) is -0.228. The van der Waals surface area contributed by atoms with Crippen molar-refractivity contribution >= 4 is 39.4 Å². The van der Waals surface area contributed by atoms with Gasteiger partial charge in [0.2, 0.25) is 5.91 Å². The standard InChI is InChI=1S/C26H21F3N4O2/c1-15(34)31-8-9-32-14-20(19-11-17(26(27,28)29)10-16(13-31)25(19)32)18-5-6-22(35)24(18)21-12-30-23-4-2-3-7-33(21)23/h2-4,7,10-12,14H,5-6,8-9,13H2,1H3. The predicted octanol–water partition coefficient (Wildman–Crippen LogP) is 4.94. The normalized spacial score (nSPS) is 16.6. The molecule has 0 spiro atoms. The van der Waals surface area contributed by atoms with Crippen LogP contribution < -0.4 is 0 Å². The van der Waals surface area contributed by atoms with Crippen LogP contribution in [0.25, 0.3) is 27.7 Å². The number of hydrogen-bond donors (Lipinski definition) is 0. The zero-order valence-corrected chi connectivity index (χ0v) is 18.9. The number of carbonyl (C=O) groups is 2. The molecule has 3 aromatic heterocycles. The minimum atomic E-state index is -4.54. The second kappa shape index (κ2) is 7.56. The lowest BCUT2D eigenvalue weighted by atomic mass is 9.96. The molecule has 0 radical (unpaired) electrons. The van der Waals surface area contributed by atoms with E-state index in [4.69, 9.17) is 0 Å². The zero-order chi connectivity index (χ0) is 24.5. The van der Waals surface area contributed by atoms with Gasteiger partial charge in [-0.15, -0.1) is 0 Å². The molecule has 0 N–H and O–H groups in total. The van der Waals surface area contributed by atoms with E-state index in [-0.39, 0.29) is 18.2 Å². The summed E-state index contributed by atoms with van der Waals surface area (Å²) in [5, 5.41) is 0.455. The molecule has 1 aliphatic carbocycles. The zero-order valence-electron chi connectivity index (χ0n) is 18.9. The molecule has 0 bridgehead atoms. The van der Waals surface area contributed by atoms with Crippen molar-refractivity contribution in [2.75, 3.05) is 6.54 Å². The van der Waals surface area contributed by atoms with Crippen LogP contribution in [0.5, 0.6) is 0 Å². The molecule has 9 heteroatoms. The maximum atomic E-state index is 13.9. The fourth-order valence-electron chi connectivity index (χ4n) is 5.35. The van der Waals surface area contributed by atoms with Crippen LogP contribution in [-0.4, -0.2) is 37.1 Å². The van der Waals surface area contributed by atoms with Crippen molar-refractivity contribution in [2.24, 2.45) is 0 Å². The third kappa shape index (κ3) is 3.37. The Kier molecular flexibility index (Phi) is 4.67. The SMILES string of the molecule is CC(=O)N1CCn2cc(C3=C(c4cnc5ccccn45)C(=O)CC3)c3cc(C(F)(F)F)cc(c32)C1. The molecule has 35 heavy (non-hydrogen) atoms. The second-order valence-electron chi connectivity index (χ2n) is 9.06. The predicted molar refractivity (Wildman–Crippen MR) is 124 cm³/mol. The third-order valence-electron chi connectivity index (χ3n) is 6.98. The number of amides is 1. The molecular weight excluding hydrogens is 457 g/mol. The summed E-state index contributed by atoms with van der Waals surface area (Å²) >= 11 is 0. The van der Waals surface area contributed by atoms with Gasteiger partial charge in [-0.25, -0.2) is 4.98 Å². The third-order valence-corrected chi connectivity index (χ3v) is 6.98. The summed E-state index contributed by atoms with van der Waals surface area (Å²) in [5.41, 5.74) is 3.58. The van der Waals surface area contributed by atoms with Crippen molar-refractivity contribution in [3.05, 3.63) is 71.3 Å². The van der Waals surface area contributed by atoms with Gasteiger partial charge in [0.15, 0.2) is 5.78 Å². The molecule has 1 aromatic carbocycles. The van der Waals surface area contributed by atoms with Crippen LogP contribution in [-0.2, 0) is 28.9 Å². The number of imidazole rings is 1. The highest BCUT2D eigenvalue weighted by atomic mass is 19.4. The Labute approximate surface area is 198 Å². The fraction of sp³-hybridized carbons (Fsp3) is 0.269. The van der Waals surface area contributed by atoms with Crippen LogP contribution in [0.15, 0.2) is 48.9 Å². The van der Waals surface area contributed by atoms with Gasteiger partial charge in [0.1, 0.15) is 5.65 Å². The van der Waals surface area contributed by atoms with Crippen molar-refractivity contribution in [3.8, 4) is 0 Å². The van der Waals surface area contributed by atoms with Crippen molar-refractivity contribution in [1.29, 1.82) is 0 Å². The van der Waals surface area contributed by atoms with Crippen LogP contribution in [0.1, 0.15) is 42.1 Å². The highest BCUT2D eigenvalue weighted by molar-refractivity contribution is 6.31. The number of fused-ring (bicyclic) bond motifs is 1. The highest BCUT2D eigenvalue weighted by Gasteiger charge is 2.35. The summed E-state index contributed by atoms with van der Waals surface area (Å²) in [7, 11) is 0. The molecule has 0 atom stereocenters. The Morgan fingerprint density at radius 1 is 1.11 bits per heavy atom. The van der Waals surface area contributed by atoms with Crippen molar-refractivity contribution in [1.82, 2.24) is 18.9 Å². The Bertz CT molecular complexity index is 1570. The van der Waals surface area contributed by atoms with Gasteiger partial charge >= 0.3 is 6.18 Å². The van der Waals surface area contributed by atoms with Gasteiger partial charge in [0.25, 0.3) is 0 Å². The molecule has 6 nitrogen and oxygen atoms in total. The van der Waals surface area contributed by atoms with Gasteiger partial charge in [-0.2, -0.15) is 13.2 Å². The summed E-state index contributed by atoms with van der Waals surface area (Å²) < 4.78 is 45.4. The van der Waals surface area contributed by atoms with E-state index >= 15 is 0 Å². The molecule has 178 valence electrons. The molecule has 0 saturated carbocycles. The number of Topliss-reactive ketones (excluding diaryl/α,β-unsaturated/α-hetero) is 1. The van der Waals surface area contributed by atoms with Crippen molar-refractivity contribution < 1.29 is 22.8 Å². The van der Waals surface area contributed by atoms with E-state index in [0.717, 1.165) is 11.6 Å². The topological polar surface area (TPSA) is 59.6 Å². The minimum Gasteiger partial charge on any atom is -0.345 e. The molecule has 4 aromatic rings. The number of hydrogen-bond acceptors (Lipinski definition) is 3. The summed E-state index contributed by atoms with van der Waals surface area (Å²) in [6.07, 6.45) is 1.51. The lowest BCUT2D eigenvalue weighted by molar-refractivity contribution is -0.137. The van der Waals surface area contributed by atoms with Gasteiger partial charge in [-0.1, -0.05) is 6.07 Å². The first-order chi connectivity index (χ1) is 16.7. The number of aromatic nitrogens is 3. The Hall–Kier alpha value is -3.88. The van der Waals surface area contributed by atoms with E-state index in [2.05, 4.69) is 4.98 Å². The monoisotopic (exact) mass is 478 g/mol. The lowest BCUT2D eigenvalue weighted by Gasteiger charge is -2.19. The maximum Gasteiger partial charge on any atom is 0.416 e. The summed E-state index contributed by atoms with van der Waals surface area (Å²) in [4.78, 5) is 31.1. The Morgan fingerprint density at radius 2 is 1.94 bits per heavy atom. The summed E-state index contributed by atoms with van der Waals surface area (Å²) in [6, 6.07) is 7.86. The molecule has 6 rings (SSSR count). The first-order valence-electron chi connectivity index (χ1n) is 11.4. The van der Waals surface area contributed by atoms with Gasteiger partial charge in [0.05, 0.1) is 23.0 Å². The van der Waals surface area contributed by atoms with Gasteiger partial charge in [-0.05, 0) is 41.8 Å².